The zero-order valence-electron chi connectivity index (χ0n) is 15.9. The second-order valence-corrected chi connectivity index (χ2v) is 7.61. The summed E-state index contributed by atoms with van der Waals surface area (Å²) in [6.45, 7) is 5.25. The number of carbonyl (C=O) groups excluding carboxylic acids is 2. The van der Waals surface area contributed by atoms with Gasteiger partial charge in [-0.2, -0.15) is 0 Å². The average Bonchev–Trinajstić information content (AvgIpc) is 2.97. The first kappa shape index (κ1) is 22.3. The lowest BCUT2D eigenvalue weighted by atomic mass is 10.2. The lowest BCUT2D eigenvalue weighted by Gasteiger charge is -2.21. The number of benzene rings is 2. The van der Waals surface area contributed by atoms with Crippen molar-refractivity contribution in [3.63, 3.8) is 0 Å². The van der Waals surface area contributed by atoms with Gasteiger partial charge in [-0.1, -0.05) is 29.8 Å². The van der Waals surface area contributed by atoms with Gasteiger partial charge in [0.15, 0.2) is 0 Å². The number of hydrogen-bond donors (Lipinski definition) is 2. The SMILES string of the molecule is Cc1ccc(NC(=O)CSc2ccccc2C(=O)N2CCCNCC2)cc1.Cl. The van der Waals surface area contributed by atoms with E-state index in [0.717, 1.165) is 42.2 Å². The highest BCUT2D eigenvalue weighted by molar-refractivity contribution is 8.00. The summed E-state index contributed by atoms with van der Waals surface area (Å²) in [7, 11) is 0. The third-order valence-electron chi connectivity index (χ3n) is 4.44. The van der Waals surface area contributed by atoms with Crippen molar-refractivity contribution < 1.29 is 9.59 Å². The molecule has 150 valence electrons. The van der Waals surface area contributed by atoms with Crippen LogP contribution in [0.5, 0.6) is 0 Å². The molecule has 0 unspecified atom stereocenters. The molecule has 28 heavy (non-hydrogen) atoms. The number of halogens is 1. The maximum Gasteiger partial charge on any atom is 0.255 e. The van der Waals surface area contributed by atoms with Crippen molar-refractivity contribution in [1.82, 2.24) is 10.2 Å². The van der Waals surface area contributed by atoms with E-state index < -0.39 is 0 Å². The largest absolute Gasteiger partial charge is 0.337 e. The molecule has 1 fully saturated rings. The molecular formula is C21H26ClN3O2S. The van der Waals surface area contributed by atoms with Gasteiger partial charge in [-0.15, -0.1) is 24.2 Å². The van der Waals surface area contributed by atoms with E-state index in [2.05, 4.69) is 10.6 Å². The summed E-state index contributed by atoms with van der Waals surface area (Å²) in [5.74, 6) is 0.227. The molecule has 7 heteroatoms. The highest BCUT2D eigenvalue weighted by atomic mass is 35.5. The predicted molar refractivity (Wildman–Crippen MR) is 118 cm³/mol. The van der Waals surface area contributed by atoms with Crippen LogP contribution in [0.1, 0.15) is 22.3 Å². The first-order valence-corrected chi connectivity index (χ1v) is 10.2. The Morgan fingerprint density at radius 2 is 1.82 bits per heavy atom. The number of nitrogens with zero attached hydrogens (tertiary/aromatic N) is 1. The Morgan fingerprint density at radius 3 is 2.61 bits per heavy atom. The molecule has 0 spiro atoms. The maximum atomic E-state index is 12.9. The monoisotopic (exact) mass is 419 g/mol. The summed E-state index contributed by atoms with van der Waals surface area (Å²) < 4.78 is 0. The first-order valence-electron chi connectivity index (χ1n) is 9.22. The van der Waals surface area contributed by atoms with Gasteiger partial charge in [0, 0.05) is 30.2 Å². The van der Waals surface area contributed by atoms with Crippen molar-refractivity contribution in [1.29, 1.82) is 0 Å². The van der Waals surface area contributed by atoms with Gasteiger partial charge in [0.25, 0.3) is 5.91 Å². The van der Waals surface area contributed by atoms with Crippen molar-refractivity contribution in [3.8, 4) is 0 Å². The Morgan fingerprint density at radius 1 is 1.07 bits per heavy atom. The number of hydrogen-bond acceptors (Lipinski definition) is 4. The number of anilines is 1. The molecule has 2 amide bonds. The summed E-state index contributed by atoms with van der Waals surface area (Å²) >= 11 is 1.40. The van der Waals surface area contributed by atoms with Crippen molar-refractivity contribution in [3.05, 3.63) is 59.7 Å². The summed E-state index contributed by atoms with van der Waals surface area (Å²) in [5.41, 5.74) is 2.61. The van der Waals surface area contributed by atoms with E-state index >= 15 is 0 Å². The molecule has 0 bridgehead atoms. The van der Waals surface area contributed by atoms with Gasteiger partial charge in [-0.05, 0) is 44.2 Å². The Labute approximate surface area is 176 Å². The lowest BCUT2D eigenvalue weighted by molar-refractivity contribution is -0.113. The van der Waals surface area contributed by atoms with Crippen LogP contribution in [0, 0.1) is 6.92 Å². The van der Waals surface area contributed by atoms with Crippen molar-refractivity contribution in [2.75, 3.05) is 37.2 Å². The van der Waals surface area contributed by atoms with Crippen LogP contribution in [0.25, 0.3) is 0 Å². The number of nitrogens with one attached hydrogen (secondary N) is 2. The summed E-state index contributed by atoms with van der Waals surface area (Å²) in [4.78, 5) is 27.9. The van der Waals surface area contributed by atoms with Crippen LogP contribution in [0.2, 0.25) is 0 Å². The van der Waals surface area contributed by atoms with Crippen LogP contribution in [-0.4, -0.2) is 48.6 Å². The van der Waals surface area contributed by atoms with E-state index in [-0.39, 0.29) is 30.0 Å². The molecule has 0 aromatic heterocycles. The van der Waals surface area contributed by atoms with E-state index in [9.17, 15) is 9.59 Å². The third-order valence-corrected chi connectivity index (χ3v) is 5.51. The van der Waals surface area contributed by atoms with Crippen molar-refractivity contribution >= 4 is 41.7 Å². The minimum atomic E-state index is -0.0786. The minimum Gasteiger partial charge on any atom is -0.337 e. The smallest absolute Gasteiger partial charge is 0.255 e. The zero-order valence-corrected chi connectivity index (χ0v) is 17.6. The summed E-state index contributed by atoms with van der Waals surface area (Å²) in [6, 6.07) is 15.2. The highest BCUT2D eigenvalue weighted by Gasteiger charge is 2.20. The second kappa shape index (κ2) is 11.1. The van der Waals surface area contributed by atoms with Gasteiger partial charge < -0.3 is 15.5 Å². The van der Waals surface area contributed by atoms with E-state index in [1.807, 2.05) is 60.4 Å². The minimum absolute atomic E-state index is 0. The van der Waals surface area contributed by atoms with Crippen LogP contribution >= 0.6 is 24.2 Å². The van der Waals surface area contributed by atoms with E-state index in [1.165, 1.54) is 11.8 Å². The van der Waals surface area contributed by atoms with E-state index in [0.29, 0.717) is 12.1 Å². The molecule has 0 aliphatic carbocycles. The molecule has 2 aromatic carbocycles. The van der Waals surface area contributed by atoms with E-state index in [1.54, 1.807) is 0 Å². The number of rotatable bonds is 5. The fourth-order valence-corrected chi connectivity index (χ4v) is 3.81. The summed E-state index contributed by atoms with van der Waals surface area (Å²) in [6.07, 6.45) is 0.958. The Hall–Kier alpha value is -2.02. The van der Waals surface area contributed by atoms with Gasteiger partial charge in [-0.25, -0.2) is 0 Å². The van der Waals surface area contributed by atoms with Crippen LogP contribution < -0.4 is 10.6 Å². The van der Waals surface area contributed by atoms with Gasteiger partial charge >= 0.3 is 0 Å². The second-order valence-electron chi connectivity index (χ2n) is 6.59. The van der Waals surface area contributed by atoms with Crippen LogP contribution in [0.15, 0.2) is 53.4 Å². The molecule has 2 N–H and O–H groups in total. The molecule has 0 radical (unpaired) electrons. The number of thioether (sulfide) groups is 1. The molecule has 0 atom stereocenters. The zero-order chi connectivity index (χ0) is 19.1. The van der Waals surface area contributed by atoms with Gasteiger partial charge in [-0.3, -0.25) is 9.59 Å². The molecule has 1 saturated heterocycles. The Bertz CT molecular complexity index is 790. The predicted octanol–water partition coefficient (Wildman–Crippen LogP) is 3.58. The topological polar surface area (TPSA) is 61.4 Å². The Balaban J connectivity index is 0.00000280. The highest BCUT2D eigenvalue weighted by Crippen LogP contribution is 2.24. The normalized spacial score (nSPS) is 14.0. The fraction of sp³-hybridized carbons (Fsp3) is 0.333. The average molecular weight is 420 g/mol. The van der Waals surface area contributed by atoms with E-state index in [4.69, 9.17) is 0 Å². The Kier molecular flexibility index (Phi) is 8.83. The number of carbonyl (C=O) groups is 2. The first-order chi connectivity index (χ1) is 13.1. The standard InChI is InChI=1S/C21H25N3O2S.ClH/c1-16-7-9-17(10-8-16)23-20(25)15-27-19-6-3-2-5-18(19)21(26)24-13-4-11-22-12-14-24;/h2-3,5-10,22H,4,11-15H2,1H3,(H,23,25);1H. The van der Waals surface area contributed by atoms with Gasteiger partial charge in [0.05, 0.1) is 11.3 Å². The number of aryl methyl sites for hydroxylation is 1. The maximum absolute atomic E-state index is 12.9. The molecule has 5 nitrogen and oxygen atoms in total. The van der Waals surface area contributed by atoms with Gasteiger partial charge in [0.2, 0.25) is 5.91 Å². The molecule has 0 saturated carbocycles. The van der Waals surface area contributed by atoms with Crippen LogP contribution in [-0.2, 0) is 4.79 Å². The molecule has 1 heterocycles. The molecular weight excluding hydrogens is 394 g/mol. The van der Waals surface area contributed by atoms with Gasteiger partial charge in [0.1, 0.15) is 0 Å². The summed E-state index contributed by atoms with van der Waals surface area (Å²) in [5, 5.41) is 6.21. The molecule has 2 aromatic rings. The molecule has 1 aliphatic heterocycles. The molecule has 1 aliphatic rings. The van der Waals surface area contributed by atoms with Crippen molar-refractivity contribution in [2.24, 2.45) is 0 Å². The van der Waals surface area contributed by atoms with Crippen molar-refractivity contribution in [2.45, 2.75) is 18.2 Å². The van der Waals surface area contributed by atoms with Crippen LogP contribution in [0.4, 0.5) is 5.69 Å². The lowest BCUT2D eigenvalue weighted by Crippen LogP contribution is -2.34. The number of amides is 2. The third kappa shape index (κ3) is 6.26. The van der Waals surface area contributed by atoms with Crippen LogP contribution in [0.3, 0.4) is 0 Å². The molecule has 3 rings (SSSR count). The quantitative estimate of drug-likeness (QED) is 0.727. The fourth-order valence-electron chi connectivity index (χ4n) is 2.97.